The standard InChI is InChI=1S/C29H42N8O3/c1-21(34-12-9-29(10-13-34)19-31-20-29)18-22-4-6-23(7-5-22)37-11-8-24(33-27(37)40)32-26(39)36-16-14-35(15-17-36)25(38)28(2,3)30/h4-8,11,21,31H,9-10,12-20,30H2,1-3H3,(H,32,33,39,40). The Labute approximate surface area is 235 Å². The van der Waals surface area contributed by atoms with Gasteiger partial charge in [-0.1, -0.05) is 12.1 Å². The summed E-state index contributed by atoms with van der Waals surface area (Å²) in [4.78, 5) is 47.8. The molecule has 1 aromatic heterocycles. The number of carbonyl (C=O) groups is 2. The van der Waals surface area contributed by atoms with E-state index < -0.39 is 11.2 Å². The molecule has 0 bridgehead atoms. The molecule has 0 saturated carbocycles. The molecule has 3 aliphatic heterocycles. The van der Waals surface area contributed by atoms with Gasteiger partial charge in [0, 0.05) is 51.5 Å². The number of nitrogens with zero attached hydrogens (tertiary/aromatic N) is 5. The molecule has 0 aliphatic carbocycles. The van der Waals surface area contributed by atoms with Gasteiger partial charge in [0.1, 0.15) is 5.82 Å². The van der Waals surface area contributed by atoms with Crippen LogP contribution in [-0.4, -0.2) is 100 Å². The molecule has 11 nitrogen and oxygen atoms in total. The highest BCUT2D eigenvalue weighted by molar-refractivity contribution is 5.89. The molecule has 4 heterocycles. The molecule has 11 heteroatoms. The minimum atomic E-state index is -0.943. The topological polar surface area (TPSA) is 129 Å². The van der Waals surface area contributed by atoms with Crippen LogP contribution in [0.5, 0.6) is 0 Å². The van der Waals surface area contributed by atoms with Crippen molar-refractivity contribution in [2.45, 2.75) is 51.6 Å². The lowest BCUT2D eigenvalue weighted by atomic mass is 9.73. The summed E-state index contributed by atoms with van der Waals surface area (Å²) in [7, 11) is 0. The quantitative estimate of drug-likeness (QED) is 0.494. The van der Waals surface area contributed by atoms with Gasteiger partial charge in [-0.2, -0.15) is 4.98 Å². The van der Waals surface area contributed by atoms with Crippen molar-refractivity contribution in [1.82, 2.24) is 29.6 Å². The van der Waals surface area contributed by atoms with Crippen LogP contribution in [-0.2, 0) is 11.2 Å². The molecule has 3 amide bonds. The Morgan fingerprint density at radius 2 is 1.65 bits per heavy atom. The lowest BCUT2D eigenvalue weighted by Gasteiger charge is -2.49. The maximum absolute atomic E-state index is 12.8. The van der Waals surface area contributed by atoms with Crippen molar-refractivity contribution in [3.63, 3.8) is 0 Å². The number of piperidine rings is 1. The van der Waals surface area contributed by atoms with Gasteiger partial charge in [0.15, 0.2) is 0 Å². The summed E-state index contributed by atoms with van der Waals surface area (Å²) in [5, 5.41) is 6.14. The Balaban J connectivity index is 1.13. The predicted molar refractivity (Wildman–Crippen MR) is 155 cm³/mol. The minimum absolute atomic E-state index is 0.137. The average molecular weight is 551 g/mol. The van der Waals surface area contributed by atoms with Crippen molar-refractivity contribution in [2.75, 3.05) is 57.7 Å². The van der Waals surface area contributed by atoms with Crippen LogP contribution in [0.2, 0.25) is 0 Å². The van der Waals surface area contributed by atoms with Crippen LogP contribution < -0.4 is 22.1 Å². The molecule has 40 heavy (non-hydrogen) atoms. The van der Waals surface area contributed by atoms with Gasteiger partial charge in [0.25, 0.3) is 0 Å². The van der Waals surface area contributed by atoms with Crippen LogP contribution in [0.25, 0.3) is 5.69 Å². The lowest BCUT2D eigenvalue weighted by Crippen LogP contribution is -2.59. The van der Waals surface area contributed by atoms with Gasteiger partial charge in [-0.05, 0) is 82.3 Å². The second kappa shape index (κ2) is 11.3. The predicted octanol–water partition coefficient (Wildman–Crippen LogP) is 1.26. The second-order valence-electron chi connectivity index (χ2n) is 12.3. The number of nitrogens with two attached hydrogens (primary N) is 1. The van der Waals surface area contributed by atoms with Crippen LogP contribution in [0.3, 0.4) is 0 Å². The monoisotopic (exact) mass is 550 g/mol. The number of anilines is 1. The highest BCUT2D eigenvalue weighted by Gasteiger charge is 2.40. The van der Waals surface area contributed by atoms with Crippen molar-refractivity contribution in [2.24, 2.45) is 11.1 Å². The molecule has 4 N–H and O–H groups in total. The molecule has 3 saturated heterocycles. The van der Waals surface area contributed by atoms with E-state index in [2.05, 4.69) is 39.6 Å². The minimum Gasteiger partial charge on any atom is -0.338 e. The molecule has 3 fully saturated rings. The lowest BCUT2D eigenvalue weighted by molar-refractivity contribution is -0.137. The number of rotatable bonds is 6. The van der Waals surface area contributed by atoms with E-state index in [1.807, 2.05) is 12.1 Å². The normalized spacial score (nSPS) is 20.2. The van der Waals surface area contributed by atoms with Gasteiger partial charge in [0.05, 0.1) is 11.2 Å². The van der Waals surface area contributed by atoms with Crippen LogP contribution in [0.4, 0.5) is 10.6 Å². The number of likely N-dealkylation sites (tertiary alicyclic amines) is 1. The zero-order chi connectivity index (χ0) is 28.5. The van der Waals surface area contributed by atoms with Gasteiger partial charge >= 0.3 is 11.7 Å². The third kappa shape index (κ3) is 6.21. The molecule has 0 radical (unpaired) electrons. The molecule has 1 aromatic carbocycles. The van der Waals surface area contributed by atoms with Gasteiger partial charge < -0.3 is 25.8 Å². The van der Waals surface area contributed by atoms with Crippen molar-refractivity contribution in [3.8, 4) is 5.69 Å². The van der Waals surface area contributed by atoms with Gasteiger partial charge in [0.2, 0.25) is 5.91 Å². The Bertz CT molecular complexity index is 1260. The first-order chi connectivity index (χ1) is 19.0. The summed E-state index contributed by atoms with van der Waals surface area (Å²) in [5.41, 5.74) is 7.03. The molecular formula is C29H42N8O3. The number of urea groups is 1. The second-order valence-corrected chi connectivity index (χ2v) is 12.3. The third-order valence-electron chi connectivity index (χ3n) is 8.67. The summed E-state index contributed by atoms with van der Waals surface area (Å²) >= 11 is 0. The third-order valence-corrected chi connectivity index (χ3v) is 8.67. The zero-order valence-corrected chi connectivity index (χ0v) is 23.9. The van der Waals surface area contributed by atoms with Gasteiger partial charge in [-0.25, -0.2) is 9.59 Å². The number of nitrogens with one attached hydrogen (secondary N) is 2. The van der Waals surface area contributed by atoms with E-state index in [9.17, 15) is 14.4 Å². The van der Waals surface area contributed by atoms with E-state index >= 15 is 0 Å². The molecule has 1 atom stereocenters. The molecule has 1 spiro atoms. The zero-order valence-electron chi connectivity index (χ0n) is 23.9. The van der Waals surface area contributed by atoms with E-state index in [0.717, 1.165) is 25.2 Å². The largest absolute Gasteiger partial charge is 0.354 e. The summed E-state index contributed by atoms with van der Waals surface area (Å²) < 4.78 is 1.47. The fourth-order valence-electron chi connectivity index (χ4n) is 5.91. The van der Waals surface area contributed by atoms with Crippen LogP contribution in [0, 0.1) is 5.41 Å². The smallest absolute Gasteiger partial charge is 0.338 e. The number of piperazine rings is 1. The Kier molecular flexibility index (Phi) is 7.98. The van der Waals surface area contributed by atoms with Crippen LogP contribution >= 0.6 is 0 Å². The molecule has 1 unspecified atom stereocenters. The first-order valence-corrected chi connectivity index (χ1v) is 14.3. The van der Waals surface area contributed by atoms with Crippen molar-refractivity contribution in [1.29, 1.82) is 0 Å². The number of amides is 3. The average Bonchev–Trinajstić information content (AvgIpc) is 2.92. The summed E-state index contributed by atoms with van der Waals surface area (Å²) in [6, 6.07) is 9.77. The molecule has 216 valence electrons. The number of aromatic nitrogens is 2. The van der Waals surface area contributed by atoms with E-state index in [4.69, 9.17) is 5.73 Å². The Morgan fingerprint density at radius 1 is 1.02 bits per heavy atom. The van der Waals surface area contributed by atoms with Crippen molar-refractivity contribution < 1.29 is 9.59 Å². The SMILES string of the molecule is CC(Cc1ccc(-n2ccc(NC(=O)N3CCN(C(=O)C(C)(C)N)CC3)nc2=O)cc1)N1CCC2(CC1)CNC2. The summed E-state index contributed by atoms with van der Waals surface area (Å²) in [5.74, 6) is 0.0568. The fraction of sp³-hybridized carbons (Fsp3) is 0.586. The van der Waals surface area contributed by atoms with Crippen LogP contribution in [0.1, 0.15) is 39.2 Å². The van der Waals surface area contributed by atoms with Gasteiger partial charge in [-0.15, -0.1) is 0 Å². The Morgan fingerprint density at radius 3 is 2.20 bits per heavy atom. The summed E-state index contributed by atoms with van der Waals surface area (Å²) in [6.07, 6.45) is 5.15. The number of carbonyl (C=O) groups excluding carboxylic acids is 2. The number of hydrogen-bond acceptors (Lipinski definition) is 7. The molecular weight excluding hydrogens is 508 g/mol. The van der Waals surface area contributed by atoms with Crippen LogP contribution in [0.15, 0.2) is 41.3 Å². The maximum Gasteiger partial charge on any atom is 0.354 e. The number of benzene rings is 1. The fourth-order valence-corrected chi connectivity index (χ4v) is 5.91. The van der Waals surface area contributed by atoms with Gasteiger partial charge in [-0.3, -0.25) is 14.7 Å². The van der Waals surface area contributed by atoms with Crippen molar-refractivity contribution in [3.05, 3.63) is 52.6 Å². The first-order valence-electron chi connectivity index (χ1n) is 14.3. The number of hydrogen-bond donors (Lipinski definition) is 3. The van der Waals surface area contributed by atoms with E-state index in [1.54, 1.807) is 35.9 Å². The molecule has 2 aromatic rings. The van der Waals surface area contributed by atoms with E-state index in [1.165, 1.54) is 36.1 Å². The maximum atomic E-state index is 12.8. The van der Waals surface area contributed by atoms with Crippen molar-refractivity contribution >= 4 is 17.8 Å². The Hall–Kier alpha value is -3.28. The first kappa shape index (κ1) is 28.3. The molecule has 3 aliphatic rings. The van der Waals surface area contributed by atoms with E-state index in [0.29, 0.717) is 37.6 Å². The summed E-state index contributed by atoms with van der Waals surface area (Å²) in [6.45, 7) is 11.9. The highest BCUT2D eigenvalue weighted by atomic mass is 16.2. The molecule has 5 rings (SSSR count). The van der Waals surface area contributed by atoms with E-state index in [-0.39, 0.29) is 17.8 Å². The highest BCUT2D eigenvalue weighted by Crippen LogP contribution is 2.35.